The van der Waals surface area contributed by atoms with Crippen molar-refractivity contribution in [1.82, 2.24) is 0 Å². The van der Waals surface area contributed by atoms with Gasteiger partial charge in [0.15, 0.2) is 0 Å². The number of carboxylic acid groups (broad SMARTS) is 1. The standard InChI is InChI=1S/C15H13F2NO4S/c1-10(15(19)20)18(14-5-3-2-4-13(14)17)23(21,22)12-8-6-11(16)7-9-12/h2-10H,1H3,(H,19,20). The van der Waals surface area contributed by atoms with Crippen LogP contribution in [-0.2, 0) is 14.8 Å². The van der Waals surface area contributed by atoms with Gasteiger partial charge in [-0.15, -0.1) is 0 Å². The van der Waals surface area contributed by atoms with E-state index >= 15 is 0 Å². The molecule has 1 atom stereocenters. The molecule has 0 saturated carbocycles. The molecule has 0 aliphatic carbocycles. The van der Waals surface area contributed by atoms with Crippen LogP contribution in [0.4, 0.5) is 14.5 Å². The molecular formula is C15H13F2NO4S. The van der Waals surface area contributed by atoms with Crippen molar-refractivity contribution < 1.29 is 27.1 Å². The zero-order valence-electron chi connectivity index (χ0n) is 12.0. The molecule has 0 spiro atoms. The Bertz CT molecular complexity index is 822. The van der Waals surface area contributed by atoms with Gasteiger partial charge in [-0.2, -0.15) is 0 Å². The van der Waals surface area contributed by atoms with E-state index in [0.717, 1.165) is 43.3 Å². The molecule has 0 bridgehead atoms. The number of anilines is 1. The Labute approximate surface area is 131 Å². The van der Waals surface area contributed by atoms with Gasteiger partial charge >= 0.3 is 5.97 Å². The maximum Gasteiger partial charge on any atom is 0.327 e. The van der Waals surface area contributed by atoms with Crippen LogP contribution in [0.5, 0.6) is 0 Å². The monoisotopic (exact) mass is 341 g/mol. The Morgan fingerprint density at radius 1 is 1.09 bits per heavy atom. The van der Waals surface area contributed by atoms with E-state index in [4.69, 9.17) is 0 Å². The molecule has 0 heterocycles. The summed E-state index contributed by atoms with van der Waals surface area (Å²) in [5.74, 6) is -2.97. The topological polar surface area (TPSA) is 74.7 Å². The molecule has 0 radical (unpaired) electrons. The first-order valence-corrected chi connectivity index (χ1v) is 7.96. The molecule has 23 heavy (non-hydrogen) atoms. The minimum atomic E-state index is -4.39. The van der Waals surface area contributed by atoms with E-state index < -0.39 is 39.4 Å². The molecule has 5 nitrogen and oxygen atoms in total. The van der Waals surface area contributed by atoms with E-state index in [0.29, 0.717) is 4.31 Å². The number of aliphatic carboxylic acids is 1. The van der Waals surface area contributed by atoms with Crippen LogP contribution >= 0.6 is 0 Å². The maximum absolute atomic E-state index is 14.0. The number of sulfonamides is 1. The first kappa shape index (κ1) is 16.9. The molecule has 1 unspecified atom stereocenters. The fourth-order valence-electron chi connectivity index (χ4n) is 2.00. The third kappa shape index (κ3) is 3.31. The van der Waals surface area contributed by atoms with Crippen molar-refractivity contribution in [2.24, 2.45) is 0 Å². The van der Waals surface area contributed by atoms with Crippen LogP contribution < -0.4 is 4.31 Å². The summed E-state index contributed by atoms with van der Waals surface area (Å²) in [7, 11) is -4.39. The Morgan fingerprint density at radius 2 is 1.65 bits per heavy atom. The highest BCUT2D eigenvalue weighted by Gasteiger charge is 2.34. The minimum Gasteiger partial charge on any atom is -0.480 e. The van der Waals surface area contributed by atoms with Crippen molar-refractivity contribution in [3.05, 3.63) is 60.2 Å². The minimum absolute atomic E-state index is 0.338. The van der Waals surface area contributed by atoms with Gasteiger partial charge in [-0.1, -0.05) is 12.1 Å². The highest BCUT2D eigenvalue weighted by Crippen LogP contribution is 2.28. The summed E-state index contributed by atoms with van der Waals surface area (Å²) >= 11 is 0. The molecule has 0 aliphatic rings. The van der Waals surface area contributed by atoms with E-state index in [1.54, 1.807) is 0 Å². The van der Waals surface area contributed by atoms with E-state index in [9.17, 15) is 27.1 Å². The molecule has 0 saturated heterocycles. The Hall–Kier alpha value is -2.48. The average molecular weight is 341 g/mol. The van der Waals surface area contributed by atoms with Crippen LogP contribution in [0.2, 0.25) is 0 Å². The zero-order chi connectivity index (χ0) is 17.2. The number of halogens is 2. The lowest BCUT2D eigenvalue weighted by atomic mass is 10.2. The number of carboxylic acids is 1. The van der Waals surface area contributed by atoms with Crippen LogP contribution in [0.3, 0.4) is 0 Å². The van der Waals surface area contributed by atoms with Crippen LogP contribution in [0, 0.1) is 11.6 Å². The number of benzene rings is 2. The summed E-state index contributed by atoms with van der Waals surface area (Å²) < 4.78 is 52.9. The molecule has 8 heteroatoms. The molecule has 1 N–H and O–H groups in total. The van der Waals surface area contributed by atoms with Gasteiger partial charge < -0.3 is 5.11 Å². The molecule has 0 fully saturated rings. The highest BCUT2D eigenvalue weighted by atomic mass is 32.2. The number of para-hydroxylation sites is 1. The number of rotatable bonds is 5. The molecule has 0 amide bonds. The van der Waals surface area contributed by atoms with Crippen LogP contribution in [0.25, 0.3) is 0 Å². The predicted molar refractivity (Wildman–Crippen MR) is 79.6 cm³/mol. The number of carbonyl (C=O) groups is 1. The van der Waals surface area contributed by atoms with Crippen molar-refractivity contribution in [2.75, 3.05) is 4.31 Å². The second kappa shape index (κ2) is 6.33. The predicted octanol–water partition coefficient (Wildman–Crippen LogP) is 2.63. The third-order valence-electron chi connectivity index (χ3n) is 3.17. The SMILES string of the molecule is CC(C(=O)O)N(c1ccccc1F)S(=O)(=O)c1ccc(F)cc1. The lowest BCUT2D eigenvalue weighted by Gasteiger charge is -2.28. The summed E-state index contributed by atoms with van der Waals surface area (Å²) in [6.07, 6.45) is 0. The van der Waals surface area contributed by atoms with Crippen molar-refractivity contribution >= 4 is 21.7 Å². The van der Waals surface area contributed by atoms with Gasteiger partial charge in [-0.05, 0) is 43.3 Å². The summed E-state index contributed by atoms with van der Waals surface area (Å²) in [6, 6.07) is 7.22. The van der Waals surface area contributed by atoms with Gasteiger partial charge in [0.2, 0.25) is 0 Å². The average Bonchev–Trinajstić information content (AvgIpc) is 2.49. The van der Waals surface area contributed by atoms with Gasteiger partial charge in [-0.25, -0.2) is 26.3 Å². The molecule has 0 aliphatic heterocycles. The second-order valence-corrected chi connectivity index (χ2v) is 6.54. The summed E-state index contributed by atoms with van der Waals surface area (Å²) in [6.45, 7) is 1.12. The van der Waals surface area contributed by atoms with Gasteiger partial charge in [0.1, 0.15) is 17.7 Å². The fraction of sp³-hybridized carbons (Fsp3) is 0.133. The molecule has 2 aromatic rings. The lowest BCUT2D eigenvalue weighted by Crippen LogP contribution is -2.43. The summed E-state index contributed by atoms with van der Waals surface area (Å²) in [5, 5.41) is 9.17. The first-order valence-electron chi connectivity index (χ1n) is 6.52. The fourth-order valence-corrected chi connectivity index (χ4v) is 3.62. The Balaban J connectivity index is 2.64. The van der Waals surface area contributed by atoms with Gasteiger partial charge in [0.05, 0.1) is 10.6 Å². The molecule has 2 rings (SSSR count). The quantitative estimate of drug-likeness (QED) is 0.907. The lowest BCUT2D eigenvalue weighted by molar-refractivity contribution is -0.137. The first-order chi connectivity index (χ1) is 10.7. The number of hydrogen-bond donors (Lipinski definition) is 1. The van der Waals surface area contributed by atoms with Crippen molar-refractivity contribution in [1.29, 1.82) is 0 Å². The zero-order valence-corrected chi connectivity index (χ0v) is 12.8. The number of hydrogen-bond acceptors (Lipinski definition) is 3. The summed E-state index contributed by atoms with van der Waals surface area (Å²) in [5.41, 5.74) is -0.397. The van der Waals surface area contributed by atoms with Gasteiger partial charge in [0.25, 0.3) is 10.0 Å². The van der Waals surface area contributed by atoms with Crippen LogP contribution in [0.1, 0.15) is 6.92 Å². The van der Waals surface area contributed by atoms with E-state index in [1.807, 2.05) is 0 Å². The molecular weight excluding hydrogens is 328 g/mol. The van der Waals surface area contributed by atoms with Gasteiger partial charge in [-0.3, -0.25) is 0 Å². The molecule has 0 aromatic heterocycles. The van der Waals surface area contributed by atoms with Gasteiger partial charge in [0, 0.05) is 0 Å². The summed E-state index contributed by atoms with van der Waals surface area (Å²) in [4.78, 5) is 10.9. The molecule has 122 valence electrons. The number of nitrogens with zero attached hydrogens (tertiary/aromatic N) is 1. The molecule has 2 aromatic carbocycles. The van der Waals surface area contributed by atoms with Crippen molar-refractivity contribution in [3.8, 4) is 0 Å². The van der Waals surface area contributed by atoms with E-state index in [1.165, 1.54) is 12.1 Å². The van der Waals surface area contributed by atoms with E-state index in [-0.39, 0.29) is 4.90 Å². The smallest absolute Gasteiger partial charge is 0.327 e. The van der Waals surface area contributed by atoms with Crippen LogP contribution in [0.15, 0.2) is 53.4 Å². The van der Waals surface area contributed by atoms with Crippen LogP contribution in [-0.4, -0.2) is 25.5 Å². The Kier molecular flexibility index (Phi) is 4.65. The van der Waals surface area contributed by atoms with Crippen molar-refractivity contribution in [3.63, 3.8) is 0 Å². The second-order valence-electron chi connectivity index (χ2n) is 4.72. The Morgan fingerprint density at radius 3 is 2.17 bits per heavy atom. The third-order valence-corrected chi connectivity index (χ3v) is 5.07. The van der Waals surface area contributed by atoms with E-state index in [2.05, 4.69) is 0 Å². The maximum atomic E-state index is 14.0. The highest BCUT2D eigenvalue weighted by molar-refractivity contribution is 7.92. The normalized spacial score (nSPS) is 12.7. The largest absolute Gasteiger partial charge is 0.480 e. The van der Waals surface area contributed by atoms with Crippen molar-refractivity contribution in [2.45, 2.75) is 17.9 Å².